The molecule has 4 aromatic rings. The highest BCUT2D eigenvalue weighted by molar-refractivity contribution is 6.28. The van der Waals surface area contributed by atoms with Crippen molar-refractivity contribution in [2.45, 2.75) is 49.5 Å². The van der Waals surface area contributed by atoms with E-state index >= 15 is 0 Å². The van der Waals surface area contributed by atoms with E-state index in [0.29, 0.717) is 11.3 Å². The number of halogens is 1. The number of nitrogens with one attached hydrogen (secondary N) is 1. The van der Waals surface area contributed by atoms with E-state index in [-0.39, 0.29) is 23.4 Å². The fourth-order valence-electron chi connectivity index (χ4n) is 4.77. The number of imidazole rings is 1. The Labute approximate surface area is 240 Å². The molecule has 2 aromatic carbocycles. The average Bonchev–Trinajstić information content (AvgIpc) is 3.50. The zero-order valence-corrected chi connectivity index (χ0v) is 22.7. The van der Waals surface area contributed by atoms with Crippen molar-refractivity contribution in [1.82, 2.24) is 19.5 Å². The summed E-state index contributed by atoms with van der Waals surface area (Å²) in [5, 5.41) is 35.2. The van der Waals surface area contributed by atoms with Gasteiger partial charge >= 0.3 is 5.97 Å². The largest absolute Gasteiger partial charge is 0.479 e. The van der Waals surface area contributed by atoms with E-state index in [1.165, 1.54) is 10.9 Å². The van der Waals surface area contributed by atoms with Crippen LogP contribution < -0.4 is 5.32 Å². The van der Waals surface area contributed by atoms with Gasteiger partial charge in [-0.3, -0.25) is 4.57 Å². The minimum absolute atomic E-state index is 0.0770. The van der Waals surface area contributed by atoms with Gasteiger partial charge in [-0.15, -0.1) is 6.42 Å². The minimum Gasteiger partial charge on any atom is -0.479 e. The Balaban J connectivity index is 1.39. The number of aliphatic hydroxyl groups is 2. The number of benzene rings is 2. The van der Waals surface area contributed by atoms with Gasteiger partial charge in [0.1, 0.15) is 12.2 Å². The molecule has 212 valence electrons. The number of aliphatic hydroxyl groups excluding tert-OH is 1. The van der Waals surface area contributed by atoms with Crippen molar-refractivity contribution in [1.29, 1.82) is 0 Å². The zero-order valence-electron chi connectivity index (χ0n) is 22.0. The second kappa shape index (κ2) is 11.8. The van der Waals surface area contributed by atoms with Gasteiger partial charge in [0.2, 0.25) is 5.28 Å². The number of hydrogen-bond acceptors (Lipinski definition) is 9. The van der Waals surface area contributed by atoms with Gasteiger partial charge in [-0.25, -0.2) is 9.78 Å². The number of ether oxygens (including phenoxy) is 2. The van der Waals surface area contributed by atoms with Crippen LogP contribution in [0.5, 0.6) is 0 Å². The number of hydrogen-bond donors (Lipinski definition) is 4. The Hall–Kier alpha value is -4.05. The lowest BCUT2D eigenvalue weighted by Gasteiger charge is -2.26. The fraction of sp³-hybridized carbons (Fsp3) is 0.310. The molecule has 11 nitrogen and oxygen atoms in total. The lowest BCUT2D eigenvalue weighted by atomic mass is 9.93. The summed E-state index contributed by atoms with van der Waals surface area (Å²) >= 11 is 6.25. The van der Waals surface area contributed by atoms with Crippen LogP contribution in [0.25, 0.3) is 11.2 Å². The maximum absolute atomic E-state index is 11.9. The first-order valence-corrected chi connectivity index (χ1v) is 13.2. The second-order valence-electron chi connectivity index (χ2n) is 9.72. The third kappa shape index (κ3) is 5.74. The number of fused-ring (bicyclic) bond motifs is 1. The van der Waals surface area contributed by atoms with Crippen LogP contribution in [-0.2, 0) is 20.7 Å². The van der Waals surface area contributed by atoms with Gasteiger partial charge < -0.3 is 30.1 Å². The van der Waals surface area contributed by atoms with Gasteiger partial charge in [0.15, 0.2) is 34.9 Å². The molecule has 1 aliphatic heterocycles. The number of carboxylic acids is 1. The Morgan fingerprint density at radius 2 is 1.90 bits per heavy atom. The van der Waals surface area contributed by atoms with Gasteiger partial charge in [-0.2, -0.15) is 9.97 Å². The summed E-state index contributed by atoms with van der Waals surface area (Å²) in [5.41, 5.74) is 0.149. The van der Waals surface area contributed by atoms with Gasteiger partial charge in [0.05, 0.1) is 19.0 Å². The average molecular weight is 578 g/mol. The predicted molar refractivity (Wildman–Crippen MR) is 150 cm³/mol. The van der Waals surface area contributed by atoms with Crippen molar-refractivity contribution in [2.75, 3.05) is 11.9 Å². The van der Waals surface area contributed by atoms with E-state index < -0.39 is 42.7 Å². The van der Waals surface area contributed by atoms with Crippen molar-refractivity contribution in [3.63, 3.8) is 0 Å². The maximum atomic E-state index is 11.9. The summed E-state index contributed by atoms with van der Waals surface area (Å²) in [6, 6.07) is 18.5. The van der Waals surface area contributed by atoms with Crippen molar-refractivity contribution in [2.24, 2.45) is 0 Å². The Morgan fingerprint density at radius 1 is 1.22 bits per heavy atom. The summed E-state index contributed by atoms with van der Waals surface area (Å²) in [4.78, 5) is 24.9. The van der Waals surface area contributed by atoms with Gasteiger partial charge in [0, 0.05) is 6.42 Å². The highest BCUT2D eigenvalue weighted by Crippen LogP contribution is 2.39. The molecule has 0 radical (unpaired) electrons. The third-order valence-electron chi connectivity index (χ3n) is 7.06. The molecule has 1 saturated heterocycles. The highest BCUT2D eigenvalue weighted by Gasteiger charge is 2.56. The lowest BCUT2D eigenvalue weighted by Crippen LogP contribution is -2.48. The van der Waals surface area contributed by atoms with Crippen LogP contribution in [0, 0.1) is 12.3 Å². The van der Waals surface area contributed by atoms with E-state index in [0.717, 1.165) is 11.1 Å². The molecule has 1 aliphatic rings. The number of carboxylic acid groups (broad SMARTS) is 1. The minimum atomic E-state index is -2.20. The van der Waals surface area contributed by atoms with Crippen LogP contribution in [0.3, 0.4) is 0 Å². The number of nitrogens with zero attached hydrogens (tertiary/aromatic N) is 4. The number of terminal acetylenes is 1. The highest BCUT2D eigenvalue weighted by atomic mass is 35.5. The topological polar surface area (TPSA) is 152 Å². The van der Waals surface area contributed by atoms with Crippen LogP contribution in [0.2, 0.25) is 5.28 Å². The van der Waals surface area contributed by atoms with Crippen LogP contribution in [0.4, 0.5) is 5.82 Å². The number of aromatic nitrogens is 4. The van der Waals surface area contributed by atoms with Crippen LogP contribution in [0.1, 0.15) is 30.3 Å². The zero-order chi connectivity index (χ0) is 29.1. The van der Waals surface area contributed by atoms with Gasteiger partial charge in [-0.1, -0.05) is 66.6 Å². The number of aliphatic carboxylic acids is 1. The molecule has 1 fully saturated rings. The van der Waals surface area contributed by atoms with Gasteiger partial charge in [0.25, 0.3) is 0 Å². The molecule has 4 N–H and O–H groups in total. The normalized spacial score (nSPS) is 23.6. The Morgan fingerprint density at radius 3 is 2.56 bits per heavy atom. The first-order chi connectivity index (χ1) is 19.7. The molecular formula is C29H28ClN5O6. The molecule has 0 spiro atoms. The predicted octanol–water partition coefficient (Wildman–Crippen LogP) is 2.99. The molecule has 6 atom stereocenters. The number of anilines is 1. The first kappa shape index (κ1) is 28.5. The summed E-state index contributed by atoms with van der Waals surface area (Å²) < 4.78 is 13.0. The summed E-state index contributed by atoms with van der Waals surface area (Å²) in [6.45, 7) is 1.56. The monoisotopic (exact) mass is 577 g/mol. The molecule has 2 aromatic heterocycles. The Kier molecular flexibility index (Phi) is 8.21. The van der Waals surface area contributed by atoms with Crippen molar-refractivity contribution in [3.05, 3.63) is 83.4 Å². The molecule has 0 amide bonds. The van der Waals surface area contributed by atoms with E-state index in [2.05, 4.69) is 26.2 Å². The molecule has 3 heterocycles. The molecule has 41 heavy (non-hydrogen) atoms. The van der Waals surface area contributed by atoms with Crippen LogP contribution in [-0.4, -0.2) is 71.3 Å². The Bertz CT molecular complexity index is 1560. The quantitative estimate of drug-likeness (QED) is 0.163. The van der Waals surface area contributed by atoms with E-state index in [9.17, 15) is 20.1 Å². The van der Waals surface area contributed by atoms with Gasteiger partial charge in [-0.05, 0) is 29.7 Å². The fourth-order valence-corrected chi connectivity index (χ4v) is 4.94. The molecule has 1 unspecified atom stereocenters. The summed E-state index contributed by atoms with van der Waals surface area (Å²) in [7, 11) is 0. The summed E-state index contributed by atoms with van der Waals surface area (Å²) in [5.74, 6) is 1.37. The van der Waals surface area contributed by atoms with Crippen molar-refractivity contribution < 1.29 is 29.6 Å². The van der Waals surface area contributed by atoms with E-state index in [1.54, 1.807) is 24.3 Å². The molecule has 0 saturated carbocycles. The molecular weight excluding hydrogens is 550 g/mol. The molecule has 5 rings (SSSR count). The lowest BCUT2D eigenvalue weighted by molar-refractivity contribution is -0.156. The molecule has 0 aliphatic carbocycles. The first-order valence-electron chi connectivity index (χ1n) is 12.8. The standard InChI is InChI=1S/C29H28ClN5O6/c1-3-29(39)21(15-40-20(27(37)38)14-18-10-6-4-7-11-18)41-26(23(29)36)35-16-31-22-24(33-28(30)34-25(22)35)32-17(2)19-12-8-5-9-13-19/h1,4-13,16-17,20-21,23,26,36,39H,14-15H2,2H3,(H,37,38)(H,32,33,34)/t17-,20?,21-,23+,26-,29-/m1/s1. The maximum Gasteiger partial charge on any atom is 0.333 e. The van der Waals surface area contributed by atoms with E-state index in [1.807, 2.05) is 43.3 Å². The number of carbonyl (C=O) groups is 1. The third-order valence-corrected chi connectivity index (χ3v) is 7.23. The number of rotatable bonds is 10. The molecule has 12 heteroatoms. The summed E-state index contributed by atoms with van der Waals surface area (Å²) in [6.07, 6.45) is 1.71. The smallest absolute Gasteiger partial charge is 0.333 e. The van der Waals surface area contributed by atoms with Crippen molar-refractivity contribution in [3.8, 4) is 12.3 Å². The second-order valence-corrected chi connectivity index (χ2v) is 10.1. The van der Waals surface area contributed by atoms with Crippen LogP contribution in [0.15, 0.2) is 67.0 Å². The van der Waals surface area contributed by atoms with Crippen LogP contribution >= 0.6 is 11.6 Å². The molecule has 0 bridgehead atoms. The van der Waals surface area contributed by atoms with Crippen molar-refractivity contribution >= 4 is 34.6 Å². The SMILES string of the molecule is C#C[C@@]1(O)[C@@H](COC(Cc2ccccc2)C(=O)O)O[C@@H](n2cnc3c(N[C@H](C)c4ccccc4)nc(Cl)nc32)[C@@H]1O. The van der Waals surface area contributed by atoms with E-state index in [4.69, 9.17) is 27.5 Å².